The average molecular weight is 1280 g/mol. The van der Waals surface area contributed by atoms with Crippen molar-refractivity contribution in [3.05, 3.63) is 186 Å². The number of benzene rings is 6. The number of thioether (sulfide) groups is 1. The number of nitrogens with zero attached hydrogens (tertiary/aromatic N) is 6. The first kappa shape index (κ1) is 61.6. The summed E-state index contributed by atoms with van der Waals surface area (Å²) in [4.78, 5) is 60.7. The Kier molecular flexibility index (Phi) is 18.7. The molecule has 1 fully saturated rings. The highest BCUT2D eigenvalue weighted by molar-refractivity contribution is 8.04. The molecule has 0 atom stereocenters. The second kappa shape index (κ2) is 25.2. The van der Waals surface area contributed by atoms with Crippen LogP contribution in [0, 0.1) is 0 Å². The number of para-hydroxylation sites is 4. The quantitative estimate of drug-likeness (QED) is 0.128. The van der Waals surface area contributed by atoms with Gasteiger partial charge >= 0.3 is 11.9 Å². The lowest BCUT2D eigenvalue weighted by atomic mass is 9.81. The van der Waals surface area contributed by atoms with Crippen LogP contribution in [-0.2, 0) is 44.8 Å². The number of halogens is 2. The standard InChI is InChI=1S/C33H31N3O3S.C18H20N2O3S.C15H13NO.2BrH/c1-5-34-25-13-9-7-11-22(25)23-17-21(15-16-26(23)34)18-28-32(39)36(20-31(37)38)30(40-28)19-29-33(3,4)24-12-8-10-14-27(24)35(29)6-2;1-4-19-13-8-6-5-7-12(13)18(2,3)14(19)9-16-20(10-17(22)23)15(21)11-24-16;1-2-16-14-6-4-3-5-12(14)13-9-11(10-17)7-8-15(13)16;;/h7-19H,5-6,20H2,1-4H3;5-9H,4,10-11H2,1-3H3;3-10H,2H2,1H3;2*1H/b28-18+;;;;. The topological polar surface area (TPSA) is 150 Å². The number of thiazole rings is 1. The molecule has 9 aromatic rings. The van der Waals surface area contributed by atoms with Gasteiger partial charge in [-0.15, -0.1) is 11.3 Å². The van der Waals surface area contributed by atoms with E-state index in [-0.39, 0.29) is 69.3 Å². The summed E-state index contributed by atoms with van der Waals surface area (Å²) in [6.07, 6.45) is 6.78. The Bertz CT molecular complexity index is 4350. The minimum absolute atomic E-state index is 0. The summed E-state index contributed by atoms with van der Waals surface area (Å²) in [5.74, 6) is -1.89. The predicted molar refractivity (Wildman–Crippen MR) is 329 cm³/mol. The number of aryl methyl sites for hydroxylation is 2. The molecule has 0 unspecified atom stereocenters. The van der Waals surface area contributed by atoms with Crippen molar-refractivity contribution in [3.63, 3.8) is 0 Å². The zero-order valence-electron chi connectivity index (χ0n) is 47.7. The Labute approximate surface area is 511 Å². The highest BCUT2D eigenvalue weighted by Gasteiger charge is 2.46. The van der Waals surface area contributed by atoms with Crippen LogP contribution >= 0.6 is 23.1 Å². The van der Waals surface area contributed by atoms with Crippen molar-refractivity contribution >= 4 is 126 Å². The molecule has 0 saturated carbocycles. The number of fused-ring (bicyclic) bond motifs is 8. The van der Waals surface area contributed by atoms with Gasteiger partial charge in [-0.2, -0.15) is 9.15 Å². The Hall–Kier alpha value is -7.44. The first-order chi connectivity index (χ1) is 38.9. The second-order valence-corrected chi connectivity index (χ2v) is 23.3. The highest BCUT2D eigenvalue weighted by Crippen LogP contribution is 2.42. The van der Waals surface area contributed by atoms with Crippen LogP contribution in [0.4, 0.5) is 11.4 Å². The Morgan fingerprint density at radius 3 is 1.52 bits per heavy atom. The zero-order valence-corrected chi connectivity index (χ0v) is 52.5. The van der Waals surface area contributed by atoms with E-state index in [4.69, 9.17) is 5.11 Å². The third-order valence-corrected chi connectivity index (χ3v) is 17.9. The van der Waals surface area contributed by atoms with Crippen molar-refractivity contribution in [3.8, 4) is 0 Å². The maximum absolute atomic E-state index is 13.6. The summed E-state index contributed by atoms with van der Waals surface area (Å²) in [6, 6.07) is 45.5. The SMILES string of the molecule is CC[N+]1=C(/C=C2\SCC(=O)N2CC(=O)O)C(C)(C)c2ccccc21.CCn1c2ccccc2c2cc(/C=c3/s/c(=C\C4=[N+](CC)c5ccccc5C4(C)C)n(CC(=O)O)c3=O)ccc21.CCn1c2ccccc2c2cc(C=O)ccc21.[Br-].[Br-]. The molecule has 2 N–H and O–H groups in total. The van der Waals surface area contributed by atoms with Gasteiger partial charge < -0.3 is 53.3 Å². The minimum atomic E-state index is -1.04. The number of aldehydes is 1. The van der Waals surface area contributed by atoms with Crippen LogP contribution in [0.15, 0.2) is 149 Å². The van der Waals surface area contributed by atoms with Gasteiger partial charge in [-0.1, -0.05) is 90.6 Å². The largest absolute Gasteiger partial charge is 1.00 e. The van der Waals surface area contributed by atoms with Crippen molar-refractivity contribution < 1.29 is 72.5 Å². The summed E-state index contributed by atoms with van der Waals surface area (Å²) >= 11 is 2.75. The Morgan fingerprint density at radius 1 is 0.566 bits per heavy atom. The Morgan fingerprint density at radius 2 is 1.02 bits per heavy atom. The van der Waals surface area contributed by atoms with Crippen molar-refractivity contribution in [2.45, 2.75) is 85.9 Å². The fourth-order valence-electron chi connectivity index (χ4n) is 12.0. The van der Waals surface area contributed by atoms with Crippen LogP contribution in [0.2, 0.25) is 0 Å². The summed E-state index contributed by atoms with van der Waals surface area (Å²) in [7, 11) is 0. The first-order valence-electron chi connectivity index (χ1n) is 27.4. The number of carboxylic acid groups (broad SMARTS) is 2. The van der Waals surface area contributed by atoms with E-state index in [9.17, 15) is 29.1 Å². The number of allylic oxidation sites excluding steroid dienone is 1. The number of rotatable bonds is 12. The van der Waals surface area contributed by atoms with Crippen LogP contribution in [0.1, 0.15) is 82.4 Å². The van der Waals surface area contributed by atoms with Gasteiger partial charge in [0.2, 0.25) is 17.3 Å². The second-order valence-electron chi connectivity index (χ2n) is 21.3. The monoisotopic (exact) mass is 1280 g/mol. The van der Waals surface area contributed by atoms with Crippen LogP contribution in [-0.4, -0.2) is 98.9 Å². The number of carbonyl (C=O) groups is 4. The number of hydrogen-bond donors (Lipinski definition) is 2. The fourth-order valence-corrected chi connectivity index (χ4v) is 14.0. The van der Waals surface area contributed by atoms with Crippen LogP contribution in [0.3, 0.4) is 0 Å². The van der Waals surface area contributed by atoms with Crippen molar-refractivity contribution in [1.82, 2.24) is 18.6 Å². The number of hydrogen-bond acceptors (Lipinski definition) is 7. The van der Waals surface area contributed by atoms with E-state index in [0.717, 1.165) is 82.0 Å². The van der Waals surface area contributed by atoms with Crippen molar-refractivity contribution in [2.24, 2.45) is 0 Å². The van der Waals surface area contributed by atoms with E-state index in [2.05, 4.69) is 140 Å². The predicted octanol–water partition coefficient (Wildman–Crippen LogP) is 5.05. The molecule has 0 bridgehead atoms. The van der Waals surface area contributed by atoms with Crippen LogP contribution < -0.4 is 48.7 Å². The molecule has 6 aromatic carbocycles. The molecule has 3 aliphatic rings. The van der Waals surface area contributed by atoms with Gasteiger partial charge in [-0.25, -0.2) is 0 Å². The van der Waals surface area contributed by atoms with Crippen molar-refractivity contribution in [2.75, 3.05) is 25.4 Å². The lowest BCUT2D eigenvalue weighted by molar-refractivity contribution is -0.433. The molecule has 0 aliphatic carbocycles. The molecule has 12 rings (SSSR count). The molecule has 6 heterocycles. The first-order valence-corrected chi connectivity index (χ1v) is 29.2. The average Bonchev–Trinajstić information content (AvgIpc) is 3.94. The lowest BCUT2D eigenvalue weighted by Gasteiger charge is -2.18. The number of carboxylic acids is 2. The summed E-state index contributed by atoms with van der Waals surface area (Å²) in [6.45, 7) is 19.9. The minimum Gasteiger partial charge on any atom is -1.00 e. The Balaban J connectivity index is 0.000000178. The summed E-state index contributed by atoms with van der Waals surface area (Å²) in [5, 5.41) is 24.1. The summed E-state index contributed by atoms with van der Waals surface area (Å²) < 4.78 is 11.6. The van der Waals surface area contributed by atoms with Gasteiger partial charge in [0.25, 0.3) is 5.56 Å². The maximum Gasteiger partial charge on any atom is 0.323 e. The molecule has 3 aromatic heterocycles. The van der Waals surface area contributed by atoms with Gasteiger partial charge in [-0.05, 0) is 109 Å². The van der Waals surface area contributed by atoms with Gasteiger partial charge in [0.1, 0.15) is 37.1 Å². The molecule has 0 radical (unpaired) electrons. The normalized spacial score (nSPS) is 15.8. The van der Waals surface area contributed by atoms with Gasteiger partial charge in [0.05, 0.1) is 26.1 Å². The van der Waals surface area contributed by atoms with E-state index in [1.165, 1.54) is 76.7 Å². The number of carbonyl (C=O) groups excluding carboxylic acids is 2. The van der Waals surface area contributed by atoms with E-state index >= 15 is 0 Å². The van der Waals surface area contributed by atoms with E-state index < -0.39 is 11.9 Å². The third kappa shape index (κ3) is 11.4. The molecule has 1 amide bonds. The van der Waals surface area contributed by atoms with E-state index in [1.54, 1.807) is 0 Å². The molecule has 17 heteroatoms. The maximum atomic E-state index is 13.6. The van der Waals surface area contributed by atoms with Crippen LogP contribution in [0.5, 0.6) is 0 Å². The van der Waals surface area contributed by atoms with Gasteiger partial charge in [0.15, 0.2) is 11.4 Å². The third-order valence-electron chi connectivity index (χ3n) is 15.8. The van der Waals surface area contributed by atoms with Gasteiger partial charge in [-0.3, -0.25) is 33.4 Å². The smallest absolute Gasteiger partial charge is 0.323 e. The molecular weight excluding hydrogens is 1210 g/mol. The van der Waals surface area contributed by atoms with E-state index in [1.807, 2.05) is 85.0 Å². The molecule has 1 saturated heterocycles. The van der Waals surface area contributed by atoms with Crippen molar-refractivity contribution in [1.29, 1.82) is 0 Å². The van der Waals surface area contributed by atoms with Gasteiger partial charge in [0, 0.05) is 97.7 Å². The number of amides is 1. The molecule has 428 valence electrons. The fraction of sp³-hybridized carbons (Fsp3) is 0.258. The summed E-state index contributed by atoms with van der Waals surface area (Å²) in [5.41, 5.74) is 12.6. The molecule has 83 heavy (non-hydrogen) atoms. The number of aromatic nitrogens is 3. The van der Waals surface area contributed by atoms with E-state index in [0.29, 0.717) is 14.9 Å². The molecule has 3 aliphatic heterocycles. The van der Waals surface area contributed by atoms with Crippen LogP contribution in [0.25, 0.3) is 55.8 Å². The molecule has 0 spiro atoms. The lowest BCUT2D eigenvalue weighted by Crippen LogP contribution is -3.00. The molecule has 13 nitrogen and oxygen atoms in total. The zero-order chi connectivity index (χ0) is 57.5. The number of aliphatic carboxylic acids is 2. The highest BCUT2D eigenvalue weighted by atomic mass is 79.9. The molecular formula is C66H66Br2N6O7S2.